The largest absolute Gasteiger partial charge is 0.145 e. The van der Waals surface area contributed by atoms with Crippen LogP contribution in [0, 0.1) is 10.8 Å². The molecule has 4 rings (SSSR count). The maximum atomic E-state index is 11.3. The fraction of sp³-hybridized carbons (Fsp3) is 0.222. The van der Waals surface area contributed by atoms with E-state index in [0.29, 0.717) is 11.6 Å². The number of nitroso groups, excluding NO2 is 1. The van der Waals surface area contributed by atoms with Crippen LogP contribution >= 0.6 is 0 Å². The molecule has 20 heavy (non-hydrogen) atoms. The van der Waals surface area contributed by atoms with Crippen LogP contribution in [-0.2, 0) is 19.3 Å². The minimum absolute atomic E-state index is 0.438. The van der Waals surface area contributed by atoms with E-state index >= 15 is 0 Å². The maximum absolute atomic E-state index is 11.3. The molecular formula is C18H15NO. The van der Waals surface area contributed by atoms with Crippen LogP contribution in [-0.4, -0.2) is 0 Å². The van der Waals surface area contributed by atoms with Gasteiger partial charge in [-0.1, -0.05) is 48.5 Å². The molecule has 2 nitrogen and oxygen atoms in total. The summed E-state index contributed by atoms with van der Waals surface area (Å²) in [6.45, 7) is 0. The predicted molar refractivity (Wildman–Crippen MR) is 80.2 cm³/mol. The summed E-state index contributed by atoms with van der Waals surface area (Å²) in [4.78, 5) is 11.3. The number of nitrogens with zero attached hydrogens (tertiary/aromatic N) is 1. The Morgan fingerprint density at radius 3 is 2.10 bits per heavy atom. The zero-order valence-corrected chi connectivity index (χ0v) is 11.2. The summed E-state index contributed by atoms with van der Waals surface area (Å²) in [7, 11) is 0. The standard InChI is InChI=1S/C18H15NO/c20-19-18-16-8-4-3-7-14(16)11-17(18)15-9-12-5-1-2-6-13(12)10-15/h1-8,15H,9-11H2. The van der Waals surface area contributed by atoms with Crippen LogP contribution in [0.4, 0.5) is 0 Å². The average Bonchev–Trinajstić information content (AvgIpc) is 3.07. The van der Waals surface area contributed by atoms with E-state index in [0.717, 1.165) is 24.8 Å². The van der Waals surface area contributed by atoms with Crippen molar-refractivity contribution in [2.75, 3.05) is 0 Å². The lowest BCUT2D eigenvalue weighted by Crippen LogP contribution is -2.05. The second kappa shape index (κ2) is 4.41. The second-order valence-electron chi connectivity index (χ2n) is 5.67. The van der Waals surface area contributed by atoms with Crippen LogP contribution in [0.2, 0.25) is 0 Å². The summed E-state index contributed by atoms with van der Waals surface area (Å²) in [5.41, 5.74) is 7.05. The van der Waals surface area contributed by atoms with Gasteiger partial charge in [-0.3, -0.25) is 0 Å². The molecule has 0 aliphatic heterocycles. The first kappa shape index (κ1) is 11.6. The monoisotopic (exact) mass is 261 g/mol. The Kier molecular flexibility index (Phi) is 2.56. The van der Waals surface area contributed by atoms with E-state index in [9.17, 15) is 4.91 Å². The predicted octanol–water partition coefficient (Wildman–Crippen LogP) is 4.14. The van der Waals surface area contributed by atoms with Gasteiger partial charge in [-0.15, -0.1) is 4.91 Å². The smallest absolute Gasteiger partial charge is 0.115 e. The van der Waals surface area contributed by atoms with Gasteiger partial charge in [0.1, 0.15) is 5.70 Å². The van der Waals surface area contributed by atoms with Crippen LogP contribution in [0.25, 0.3) is 5.70 Å². The quantitative estimate of drug-likeness (QED) is 0.747. The molecule has 2 heteroatoms. The van der Waals surface area contributed by atoms with Gasteiger partial charge in [0.15, 0.2) is 0 Å². The lowest BCUT2D eigenvalue weighted by atomic mass is 9.93. The zero-order chi connectivity index (χ0) is 13.5. The molecule has 2 aliphatic carbocycles. The van der Waals surface area contributed by atoms with E-state index in [2.05, 4.69) is 35.5 Å². The van der Waals surface area contributed by atoms with Crippen molar-refractivity contribution in [1.29, 1.82) is 0 Å². The summed E-state index contributed by atoms with van der Waals surface area (Å²) in [6, 6.07) is 16.7. The first-order valence-corrected chi connectivity index (χ1v) is 7.08. The molecule has 0 fully saturated rings. The Bertz CT molecular complexity index is 705. The Hall–Kier alpha value is -2.22. The second-order valence-corrected chi connectivity index (χ2v) is 5.67. The first-order valence-electron chi connectivity index (χ1n) is 7.08. The molecule has 0 heterocycles. The van der Waals surface area contributed by atoms with E-state index in [4.69, 9.17) is 0 Å². The van der Waals surface area contributed by atoms with Gasteiger partial charge in [0.05, 0.1) is 0 Å². The maximum Gasteiger partial charge on any atom is 0.115 e. The summed E-state index contributed by atoms with van der Waals surface area (Å²) in [6.07, 6.45) is 2.97. The molecule has 2 aliphatic rings. The van der Waals surface area contributed by atoms with Crippen molar-refractivity contribution in [3.63, 3.8) is 0 Å². The van der Waals surface area contributed by atoms with Gasteiger partial charge in [-0.05, 0) is 52.6 Å². The van der Waals surface area contributed by atoms with Gasteiger partial charge in [0.2, 0.25) is 0 Å². The molecule has 2 aromatic rings. The Morgan fingerprint density at radius 2 is 1.45 bits per heavy atom. The van der Waals surface area contributed by atoms with E-state index in [1.165, 1.54) is 22.3 Å². The third-order valence-corrected chi connectivity index (χ3v) is 4.59. The molecule has 0 bridgehead atoms. The Morgan fingerprint density at radius 1 is 0.850 bits per heavy atom. The minimum atomic E-state index is 0.438. The highest BCUT2D eigenvalue weighted by molar-refractivity contribution is 5.76. The lowest BCUT2D eigenvalue weighted by Gasteiger charge is -2.11. The minimum Gasteiger partial charge on any atom is -0.145 e. The topological polar surface area (TPSA) is 29.4 Å². The number of benzene rings is 2. The fourth-order valence-electron chi connectivity index (χ4n) is 3.62. The van der Waals surface area contributed by atoms with Crippen molar-refractivity contribution in [1.82, 2.24) is 0 Å². The number of hydrogen-bond donors (Lipinski definition) is 0. The van der Waals surface area contributed by atoms with Crippen molar-refractivity contribution >= 4 is 5.70 Å². The third kappa shape index (κ3) is 1.64. The fourth-order valence-corrected chi connectivity index (χ4v) is 3.62. The van der Waals surface area contributed by atoms with Gasteiger partial charge >= 0.3 is 0 Å². The van der Waals surface area contributed by atoms with Gasteiger partial charge in [0, 0.05) is 5.56 Å². The van der Waals surface area contributed by atoms with E-state index < -0.39 is 0 Å². The number of hydrogen-bond acceptors (Lipinski definition) is 2. The molecule has 0 amide bonds. The van der Waals surface area contributed by atoms with Gasteiger partial charge < -0.3 is 0 Å². The Balaban J connectivity index is 1.73. The van der Waals surface area contributed by atoms with Gasteiger partial charge in [-0.25, -0.2) is 0 Å². The average molecular weight is 261 g/mol. The molecule has 0 unspecified atom stereocenters. The van der Waals surface area contributed by atoms with E-state index in [1.807, 2.05) is 18.2 Å². The van der Waals surface area contributed by atoms with E-state index in [1.54, 1.807) is 0 Å². The van der Waals surface area contributed by atoms with Crippen molar-refractivity contribution in [2.45, 2.75) is 19.3 Å². The van der Waals surface area contributed by atoms with Crippen LogP contribution in [0.3, 0.4) is 0 Å². The molecule has 0 spiro atoms. The normalized spacial score (nSPS) is 17.2. The highest BCUT2D eigenvalue weighted by Crippen LogP contribution is 2.42. The summed E-state index contributed by atoms with van der Waals surface area (Å²) in [5.74, 6) is 0.438. The highest BCUT2D eigenvalue weighted by Gasteiger charge is 2.31. The van der Waals surface area contributed by atoms with Crippen molar-refractivity contribution in [2.24, 2.45) is 11.1 Å². The molecule has 0 saturated carbocycles. The molecule has 2 aromatic carbocycles. The molecular weight excluding hydrogens is 246 g/mol. The first-order chi connectivity index (χ1) is 9.86. The highest BCUT2D eigenvalue weighted by atomic mass is 16.3. The van der Waals surface area contributed by atoms with Crippen LogP contribution in [0.1, 0.15) is 22.3 Å². The third-order valence-electron chi connectivity index (χ3n) is 4.59. The van der Waals surface area contributed by atoms with Crippen LogP contribution in [0.15, 0.2) is 59.3 Å². The lowest BCUT2D eigenvalue weighted by molar-refractivity contribution is 0.647. The zero-order valence-electron chi connectivity index (χ0n) is 11.2. The molecule has 0 aromatic heterocycles. The summed E-state index contributed by atoms with van der Waals surface area (Å²) < 4.78 is 0. The summed E-state index contributed by atoms with van der Waals surface area (Å²) >= 11 is 0. The van der Waals surface area contributed by atoms with Crippen LogP contribution in [0.5, 0.6) is 0 Å². The number of fused-ring (bicyclic) bond motifs is 2. The SMILES string of the molecule is O=NC1=C(C2Cc3ccccc3C2)Cc2ccccc21. The molecule has 98 valence electrons. The summed E-state index contributed by atoms with van der Waals surface area (Å²) in [5, 5.41) is 3.35. The van der Waals surface area contributed by atoms with E-state index in [-0.39, 0.29) is 0 Å². The molecule has 0 N–H and O–H groups in total. The molecule has 0 saturated heterocycles. The van der Waals surface area contributed by atoms with Crippen molar-refractivity contribution in [3.8, 4) is 0 Å². The molecule has 0 atom stereocenters. The van der Waals surface area contributed by atoms with Crippen molar-refractivity contribution in [3.05, 3.63) is 81.3 Å². The van der Waals surface area contributed by atoms with Crippen LogP contribution < -0.4 is 0 Å². The molecule has 0 radical (unpaired) electrons. The number of allylic oxidation sites excluding steroid dienone is 1. The Labute approximate surface area is 118 Å². The van der Waals surface area contributed by atoms with Gasteiger partial charge in [0.25, 0.3) is 0 Å². The number of rotatable bonds is 2. The van der Waals surface area contributed by atoms with Gasteiger partial charge in [-0.2, -0.15) is 0 Å². The van der Waals surface area contributed by atoms with Crippen molar-refractivity contribution < 1.29 is 0 Å².